The zero-order valence-corrected chi connectivity index (χ0v) is 29.7. The van der Waals surface area contributed by atoms with Crippen LogP contribution in [0.4, 0.5) is 11.5 Å². The summed E-state index contributed by atoms with van der Waals surface area (Å²) < 4.78 is 9.95. The lowest BCUT2D eigenvalue weighted by Crippen LogP contribution is -2.41. The summed E-state index contributed by atoms with van der Waals surface area (Å²) in [5.41, 5.74) is 26.3. The Morgan fingerprint density at radius 1 is 1.00 bits per heavy atom. The molecule has 1 amide bonds. The number of nitrogens with one attached hydrogen (secondary N) is 2. The van der Waals surface area contributed by atoms with Crippen molar-refractivity contribution in [1.29, 1.82) is 0 Å². The highest BCUT2D eigenvalue weighted by Gasteiger charge is 2.26. The fourth-order valence-corrected chi connectivity index (χ4v) is 5.01. The molecule has 3 atom stereocenters. The van der Waals surface area contributed by atoms with Gasteiger partial charge in [0, 0.05) is 35.5 Å². The Balaban J connectivity index is 1.29. The molecule has 17 heteroatoms. The van der Waals surface area contributed by atoms with Gasteiger partial charge in [-0.2, -0.15) is 0 Å². The Morgan fingerprint density at radius 3 is 2.45 bits per heavy atom. The van der Waals surface area contributed by atoms with E-state index in [1.807, 2.05) is 0 Å². The number of hydrogen-bond acceptors (Lipinski definition) is 14. The number of nitrogens with two attached hydrogens (primary N) is 4. The molecule has 0 spiro atoms. The van der Waals surface area contributed by atoms with Crippen LogP contribution in [0.2, 0.25) is 0 Å². The minimum Gasteiger partial charge on any atom is -0.469 e. The van der Waals surface area contributed by atoms with Gasteiger partial charge in [0.05, 0.1) is 37.7 Å². The smallest absolute Gasteiger partial charge is 0.352 e. The van der Waals surface area contributed by atoms with Gasteiger partial charge in [-0.3, -0.25) is 19.3 Å². The Bertz CT molecular complexity index is 1870. The number of nitrogens with zero attached hydrogens (tertiary/aromatic N) is 4. The number of amidine groups is 1. The monoisotopic (exact) mass is 730 g/mol. The molecule has 0 aliphatic heterocycles. The molecular formula is C36H46N10O7. The third-order valence-corrected chi connectivity index (χ3v) is 8.24. The molecule has 0 saturated carbocycles. The predicted molar refractivity (Wildman–Crippen MR) is 198 cm³/mol. The molecule has 0 fully saturated rings. The van der Waals surface area contributed by atoms with E-state index in [2.05, 4.69) is 25.4 Å². The largest absolute Gasteiger partial charge is 0.469 e. The van der Waals surface area contributed by atoms with Crippen molar-refractivity contribution >= 4 is 52.2 Å². The van der Waals surface area contributed by atoms with Crippen LogP contribution in [-0.2, 0) is 35.2 Å². The molecule has 2 heterocycles. The highest BCUT2D eigenvalue weighted by molar-refractivity contribution is 6.07. The maximum absolute atomic E-state index is 13.5. The van der Waals surface area contributed by atoms with Crippen LogP contribution in [-0.4, -0.2) is 83.5 Å². The molecule has 0 bridgehead atoms. The van der Waals surface area contributed by atoms with Gasteiger partial charge in [-0.15, -0.1) is 0 Å². The van der Waals surface area contributed by atoms with E-state index in [-0.39, 0.29) is 31.3 Å². The van der Waals surface area contributed by atoms with Crippen molar-refractivity contribution in [3.8, 4) is 0 Å². The molecule has 4 rings (SSSR count). The Morgan fingerprint density at radius 2 is 1.75 bits per heavy atom. The summed E-state index contributed by atoms with van der Waals surface area (Å²) in [7, 11) is 1.30. The van der Waals surface area contributed by atoms with Crippen molar-refractivity contribution in [2.24, 2.45) is 34.0 Å². The highest BCUT2D eigenvalue weighted by Crippen LogP contribution is 2.20. The molecule has 0 aliphatic carbocycles. The molecule has 2 aromatic heterocycles. The van der Waals surface area contributed by atoms with E-state index in [0.29, 0.717) is 59.7 Å². The van der Waals surface area contributed by atoms with E-state index in [1.54, 1.807) is 73.8 Å². The van der Waals surface area contributed by atoms with Gasteiger partial charge in [-0.25, -0.2) is 14.8 Å². The number of esters is 2. The number of hydrogen-bond donors (Lipinski definition) is 6. The molecule has 3 unspecified atom stereocenters. The number of benzene rings is 2. The van der Waals surface area contributed by atoms with Crippen LogP contribution in [0, 0.1) is 5.92 Å². The Labute approximate surface area is 306 Å². The zero-order chi connectivity index (χ0) is 38.3. The van der Waals surface area contributed by atoms with Gasteiger partial charge in [0.25, 0.3) is 5.91 Å². The number of aromatic amines is 1. The molecule has 17 nitrogen and oxygen atoms in total. The van der Waals surface area contributed by atoms with Crippen molar-refractivity contribution in [1.82, 2.24) is 15.0 Å². The number of carbonyl (C=O) groups is 4. The number of imidazole rings is 1. The van der Waals surface area contributed by atoms with E-state index in [4.69, 9.17) is 37.2 Å². The number of fused-ring (bicyclic) bond motifs is 1. The van der Waals surface area contributed by atoms with E-state index in [0.717, 1.165) is 12.1 Å². The number of aromatic nitrogens is 3. The topological polar surface area (TPSA) is 269 Å². The molecule has 282 valence electrons. The van der Waals surface area contributed by atoms with Gasteiger partial charge >= 0.3 is 17.9 Å². The first kappa shape index (κ1) is 39.9. The number of anilines is 2. The van der Waals surface area contributed by atoms with Gasteiger partial charge in [0.2, 0.25) is 0 Å². The number of carbonyl (C=O) groups excluding carboxylic acids is 4. The molecule has 2 aromatic carbocycles. The number of ether oxygens (including phenoxy) is 2. The van der Waals surface area contributed by atoms with Crippen LogP contribution in [0.15, 0.2) is 72.0 Å². The molecule has 0 aliphatic rings. The van der Waals surface area contributed by atoms with Gasteiger partial charge < -0.3 is 47.5 Å². The van der Waals surface area contributed by atoms with Crippen LogP contribution in [0.25, 0.3) is 11.0 Å². The first-order chi connectivity index (χ1) is 25.5. The van der Waals surface area contributed by atoms with Gasteiger partial charge in [0.1, 0.15) is 23.7 Å². The summed E-state index contributed by atoms with van der Waals surface area (Å²) in [5, 5.41) is 6.98. The Kier molecular flexibility index (Phi) is 14.8. The number of pyridine rings is 1. The van der Waals surface area contributed by atoms with Crippen molar-refractivity contribution in [3.05, 3.63) is 83.8 Å². The van der Waals surface area contributed by atoms with Crippen molar-refractivity contribution in [3.63, 3.8) is 0 Å². The van der Waals surface area contributed by atoms with E-state index in [9.17, 15) is 19.2 Å². The van der Waals surface area contributed by atoms with Crippen LogP contribution < -0.4 is 33.2 Å². The minimum atomic E-state index is -1.12. The predicted octanol–water partition coefficient (Wildman–Crippen LogP) is 1.91. The lowest BCUT2D eigenvalue weighted by atomic mass is 10.0. The van der Waals surface area contributed by atoms with Crippen LogP contribution in [0.5, 0.6) is 0 Å². The highest BCUT2D eigenvalue weighted by atomic mass is 16.7. The standard InChI is InChI=1S/C36H46N10O7/c1-22(21-52-35(49)26(38)7-3-5-16-37)32(39)36(50)53-45-33(40)23-9-12-25(13-10-23)42-20-29-43-27-14-11-24(19-28(27)44-29)34(48)46(18-15-31(47)51-2)30-8-4-6-17-41-30/h4,6,8-14,17,19,22,26,32,42H,3,5,7,15-16,18,20-21,37-39H2,1-2H3,(H2,40,45)(H,43,44). The number of rotatable bonds is 19. The number of H-pyrrole nitrogens is 1. The van der Waals surface area contributed by atoms with Crippen molar-refractivity contribution in [2.75, 3.05) is 37.0 Å². The number of methoxy groups -OCH3 is 1. The maximum Gasteiger partial charge on any atom is 0.352 e. The lowest BCUT2D eigenvalue weighted by Gasteiger charge is -2.21. The van der Waals surface area contributed by atoms with Gasteiger partial charge in [-0.1, -0.05) is 24.6 Å². The third kappa shape index (κ3) is 11.5. The molecule has 4 aromatic rings. The minimum absolute atomic E-state index is 0.0115. The van der Waals surface area contributed by atoms with Crippen molar-refractivity contribution < 1.29 is 33.5 Å². The van der Waals surface area contributed by atoms with Gasteiger partial charge in [-0.05, 0) is 74.0 Å². The van der Waals surface area contributed by atoms with Crippen LogP contribution >= 0.6 is 0 Å². The van der Waals surface area contributed by atoms with E-state index < -0.39 is 35.9 Å². The first-order valence-electron chi connectivity index (χ1n) is 17.1. The third-order valence-electron chi connectivity index (χ3n) is 8.24. The summed E-state index contributed by atoms with van der Waals surface area (Å²) in [6, 6.07) is 15.4. The lowest BCUT2D eigenvalue weighted by molar-refractivity contribution is -0.152. The SMILES string of the molecule is COC(=O)CCN(C(=O)c1ccc2nc(CNc3ccc(/C(N)=N/OC(=O)C(N)C(C)COC(=O)C(N)CCCCN)cc3)[nH]c2c1)c1ccccn1. The molecular weight excluding hydrogens is 684 g/mol. The molecule has 0 saturated heterocycles. The average molecular weight is 731 g/mol. The zero-order valence-electron chi connectivity index (χ0n) is 29.7. The average Bonchev–Trinajstić information content (AvgIpc) is 3.60. The molecule has 53 heavy (non-hydrogen) atoms. The Hall–Kier alpha value is -5.91. The summed E-state index contributed by atoms with van der Waals surface area (Å²) in [5.74, 6) is -1.75. The van der Waals surface area contributed by atoms with E-state index >= 15 is 0 Å². The maximum atomic E-state index is 13.5. The quantitative estimate of drug-likeness (QED) is 0.0201. The fraction of sp³-hybridized carbons (Fsp3) is 0.361. The second-order valence-electron chi connectivity index (χ2n) is 12.2. The van der Waals surface area contributed by atoms with Crippen LogP contribution in [0.1, 0.15) is 54.4 Å². The molecule has 10 N–H and O–H groups in total. The second-order valence-corrected chi connectivity index (χ2v) is 12.2. The molecule has 0 radical (unpaired) electrons. The summed E-state index contributed by atoms with van der Waals surface area (Å²) in [4.78, 5) is 68.4. The second kappa shape index (κ2) is 19.6. The summed E-state index contributed by atoms with van der Waals surface area (Å²) in [6.07, 6.45) is 3.50. The first-order valence-corrected chi connectivity index (χ1v) is 17.1. The number of amides is 1. The normalized spacial score (nSPS) is 13.1. The number of unbranched alkanes of at least 4 members (excludes halogenated alkanes) is 1. The van der Waals surface area contributed by atoms with Crippen LogP contribution in [0.3, 0.4) is 0 Å². The van der Waals surface area contributed by atoms with Crippen molar-refractivity contribution in [2.45, 2.75) is 51.2 Å². The van der Waals surface area contributed by atoms with E-state index in [1.165, 1.54) is 12.0 Å². The van der Waals surface area contributed by atoms with Gasteiger partial charge in [0.15, 0.2) is 5.84 Å². The number of oxime groups is 1. The fourth-order valence-electron chi connectivity index (χ4n) is 5.01. The summed E-state index contributed by atoms with van der Waals surface area (Å²) >= 11 is 0. The summed E-state index contributed by atoms with van der Waals surface area (Å²) in [6.45, 7) is 2.47.